The van der Waals surface area contributed by atoms with E-state index in [4.69, 9.17) is 4.74 Å². The number of ketones is 1. The van der Waals surface area contributed by atoms with Gasteiger partial charge in [0.05, 0.1) is 0 Å². The molecule has 0 saturated heterocycles. The fourth-order valence-electron chi connectivity index (χ4n) is 2.84. The number of Topliss-reactive ketones (excluding diaryl/α,β-unsaturated/α-hetero) is 1. The first-order chi connectivity index (χ1) is 12.5. The maximum absolute atomic E-state index is 13.1. The van der Waals surface area contributed by atoms with Gasteiger partial charge in [-0.2, -0.15) is 0 Å². The Hall–Kier alpha value is -3.21. The fourth-order valence-corrected chi connectivity index (χ4v) is 2.84. The van der Waals surface area contributed by atoms with Crippen LogP contribution >= 0.6 is 0 Å². The molecule has 0 aliphatic carbocycles. The Kier molecular flexibility index (Phi) is 4.98. The second kappa shape index (κ2) is 7.35. The molecule has 0 unspecified atom stereocenters. The van der Waals surface area contributed by atoms with Gasteiger partial charge in [-0.1, -0.05) is 30.3 Å². The van der Waals surface area contributed by atoms with Crippen molar-refractivity contribution in [1.29, 1.82) is 0 Å². The number of esters is 1. The number of aromatic nitrogens is 1. The lowest BCUT2D eigenvalue weighted by Gasteiger charge is -2.11. The van der Waals surface area contributed by atoms with E-state index in [1.54, 1.807) is 12.1 Å². The monoisotopic (exact) mass is 351 g/mol. The summed E-state index contributed by atoms with van der Waals surface area (Å²) in [4.78, 5) is 27.9. The van der Waals surface area contributed by atoms with Gasteiger partial charge in [0.1, 0.15) is 5.82 Å². The standard InChI is InChI=1S/C21H18FNO3/c1-13-20(17-8-3-4-9-18(17)23-13)21(25)14(2)26-19(24)11-10-15-6-5-7-16(22)12-15/h3-12,14,23H,1-2H3/b11-10+/t14-/m0/s1. The molecule has 0 aliphatic rings. The highest BCUT2D eigenvalue weighted by atomic mass is 19.1. The Morgan fingerprint density at radius 2 is 1.92 bits per heavy atom. The number of benzene rings is 2. The summed E-state index contributed by atoms with van der Waals surface area (Å²) < 4.78 is 18.3. The van der Waals surface area contributed by atoms with Crippen molar-refractivity contribution in [2.45, 2.75) is 20.0 Å². The van der Waals surface area contributed by atoms with Gasteiger partial charge in [0.2, 0.25) is 5.78 Å². The van der Waals surface area contributed by atoms with Crippen LogP contribution in [-0.4, -0.2) is 22.8 Å². The molecule has 0 amide bonds. The van der Waals surface area contributed by atoms with E-state index in [0.29, 0.717) is 11.1 Å². The first-order valence-electron chi connectivity index (χ1n) is 8.21. The molecule has 1 aromatic heterocycles. The van der Waals surface area contributed by atoms with Gasteiger partial charge in [-0.05, 0) is 43.7 Å². The van der Waals surface area contributed by atoms with E-state index in [1.807, 2.05) is 31.2 Å². The van der Waals surface area contributed by atoms with Crippen molar-refractivity contribution in [3.63, 3.8) is 0 Å². The number of halogens is 1. The molecular weight excluding hydrogens is 333 g/mol. The number of hydrogen-bond donors (Lipinski definition) is 1. The molecule has 1 heterocycles. The van der Waals surface area contributed by atoms with Crippen molar-refractivity contribution in [3.8, 4) is 0 Å². The Morgan fingerprint density at radius 3 is 2.69 bits per heavy atom. The first kappa shape index (κ1) is 17.6. The van der Waals surface area contributed by atoms with Crippen LogP contribution in [0.1, 0.15) is 28.5 Å². The predicted octanol–water partition coefficient (Wildman–Crippen LogP) is 4.44. The zero-order valence-corrected chi connectivity index (χ0v) is 14.5. The number of hydrogen-bond acceptors (Lipinski definition) is 3. The van der Waals surface area contributed by atoms with Gasteiger partial charge in [0.25, 0.3) is 0 Å². The maximum Gasteiger partial charge on any atom is 0.331 e. The Balaban J connectivity index is 1.72. The largest absolute Gasteiger partial charge is 0.451 e. The molecule has 0 fully saturated rings. The second-order valence-corrected chi connectivity index (χ2v) is 6.00. The van der Waals surface area contributed by atoms with Crippen LogP contribution < -0.4 is 0 Å². The molecule has 132 valence electrons. The minimum atomic E-state index is -0.933. The molecule has 1 atom stereocenters. The lowest BCUT2D eigenvalue weighted by atomic mass is 10.0. The first-order valence-corrected chi connectivity index (χ1v) is 8.21. The number of aromatic amines is 1. The number of ether oxygens (including phenoxy) is 1. The molecule has 1 N–H and O–H groups in total. The van der Waals surface area contributed by atoms with Crippen LogP contribution in [-0.2, 0) is 9.53 Å². The molecule has 2 aromatic carbocycles. The minimum absolute atomic E-state index is 0.271. The highest BCUT2D eigenvalue weighted by Gasteiger charge is 2.23. The van der Waals surface area contributed by atoms with Crippen LogP contribution in [0.25, 0.3) is 17.0 Å². The highest BCUT2D eigenvalue weighted by molar-refractivity contribution is 6.11. The summed E-state index contributed by atoms with van der Waals surface area (Å²) in [5.74, 6) is -1.32. The molecule has 5 heteroatoms. The van der Waals surface area contributed by atoms with E-state index in [-0.39, 0.29) is 11.6 Å². The van der Waals surface area contributed by atoms with Crippen LogP contribution in [0.3, 0.4) is 0 Å². The average Bonchev–Trinajstić information content (AvgIpc) is 2.95. The lowest BCUT2D eigenvalue weighted by molar-refractivity contribution is -0.140. The van der Waals surface area contributed by atoms with Gasteiger partial charge in [-0.3, -0.25) is 4.79 Å². The lowest BCUT2D eigenvalue weighted by Crippen LogP contribution is -2.24. The summed E-state index contributed by atoms with van der Waals surface area (Å²) in [6, 6.07) is 13.3. The van der Waals surface area contributed by atoms with Gasteiger partial charge in [-0.15, -0.1) is 0 Å². The molecule has 3 aromatic rings. The molecule has 4 nitrogen and oxygen atoms in total. The molecule has 0 bridgehead atoms. The van der Waals surface area contributed by atoms with E-state index in [1.165, 1.54) is 31.2 Å². The number of rotatable bonds is 5. The van der Waals surface area contributed by atoms with Crippen LogP contribution in [0.15, 0.2) is 54.6 Å². The average molecular weight is 351 g/mol. The highest BCUT2D eigenvalue weighted by Crippen LogP contribution is 2.23. The normalized spacial score (nSPS) is 12.4. The van der Waals surface area contributed by atoms with Crippen molar-refractivity contribution >= 4 is 28.7 Å². The number of aryl methyl sites for hydroxylation is 1. The number of carbonyl (C=O) groups excluding carboxylic acids is 2. The maximum atomic E-state index is 13.1. The Morgan fingerprint density at radius 1 is 1.15 bits per heavy atom. The second-order valence-electron chi connectivity index (χ2n) is 6.00. The quantitative estimate of drug-likeness (QED) is 0.420. The number of para-hydroxylation sites is 1. The number of nitrogens with one attached hydrogen (secondary N) is 1. The van der Waals surface area contributed by atoms with E-state index in [2.05, 4.69) is 4.98 Å². The topological polar surface area (TPSA) is 59.2 Å². The van der Waals surface area contributed by atoms with Crippen molar-refractivity contribution < 1.29 is 18.7 Å². The van der Waals surface area contributed by atoms with Crippen LogP contribution in [0.2, 0.25) is 0 Å². The van der Waals surface area contributed by atoms with Crippen LogP contribution in [0.5, 0.6) is 0 Å². The zero-order chi connectivity index (χ0) is 18.7. The molecular formula is C21H18FNO3. The zero-order valence-electron chi connectivity index (χ0n) is 14.5. The van der Waals surface area contributed by atoms with E-state index in [9.17, 15) is 14.0 Å². The van der Waals surface area contributed by atoms with Gasteiger partial charge in [-0.25, -0.2) is 9.18 Å². The molecule has 0 saturated carbocycles. The summed E-state index contributed by atoms with van der Waals surface area (Å²) >= 11 is 0. The third-order valence-electron chi connectivity index (χ3n) is 4.06. The smallest absolute Gasteiger partial charge is 0.331 e. The van der Waals surface area contributed by atoms with Gasteiger partial charge < -0.3 is 9.72 Å². The number of H-pyrrole nitrogens is 1. The molecule has 0 radical (unpaired) electrons. The van der Waals surface area contributed by atoms with Crippen LogP contribution in [0, 0.1) is 12.7 Å². The van der Waals surface area contributed by atoms with E-state index < -0.39 is 12.1 Å². The SMILES string of the molecule is Cc1[nH]c2ccccc2c1C(=O)[C@H](C)OC(=O)/C=C/c1cccc(F)c1. The Bertz CT molecular complexity index is 1000. The summed E-state index contributed by atoms with van der Waals surface area (Å²) in [7, 11) is 0. The fraction of sp³-hybridized carbons (Fsp3) is 0.143. The molecule has 3 rings (SSSR count). The predicted molar refractivity (Wildman–Crippen MR) is 98.4 cm³/mol. The molecule has 0 spiro atoms. The van der Waals surface area contributed by atoms with Crippen molar-refractivity contribution in [3.05, 3.63) is 77.2 Å². The van der Waals surface area contributed by atoms with Gasteiger partial charge in [0, 0.05) is 28.2 Å². The van der Waals surface area contributed by atoms with Crippen molar-refractivity contribution in [2.24, 2.45) is 0 Å². The third-order valence-corrected chi connectivity index (χ3v) is 4.06. The Labute approximate surface area is 150 Å². The summed E-state index contributed by atoms with van der Waals surface area (Å²) in [6.07, 6.45) is 1.69. The van der Waals surface area contributed by atoms with Crippen LogP contribution in [0.4, 0.5) is 4.39 Å². The van der Waals surface area contributed by atoms with Crippen molar-refractivity contribution in [1.82, 2.24) is 4.98 Å². The number of fused-ring (bicyclic) bond motifs is 1. The van der Waals surface area contributed by atoms with Crippen molar-refractivity contribution in [2.75, 3.05) is 0 Å². The molecule has 0 aliphatic heterocycles. The van der Waals surface area contributed by atoms with Gasteiger partial charge in [0.15, 0.2) is 6.10 Å². The summed E-state index contributed by atoms with van der Waals surface area (Å²) in [5, 5.41) is 0.799. The van der Waals surface area contributed by atoms with E-state index in [0.717, 1.165) is 16.6 Å². The summed E-state index contributed by atoms with van der Waals surface area (Å²) in [5.41, 5.74) is 2.65. The minimum Gasteiger partial charge on any atom is -0.451 e. The van der Waals surface area contributed by atoms with Gasteiger partial charge >= 0.3 is 5.97 Å². The van der Waals surface area contributed by atoms with E-state index >= 15 is 0 Å². The number of carbonyl (C=O) groups is 2. The summed E-state index contributed by atoms with van der Waals surface area (Å²) in [6.45, 7) is 3.35. The third kappa shape index (κ3) is 3.72. The molecule has 26 heavy (non-hydrogen) atoms.